The molecule has 7 nitrogen and oxygen atoms in total. The molecule has 2 aromatic heterocycles. The van der Waals surface area contributed by atoms with Crippen LogP contribution in [0.3, 0.4) is 0 Å². The molecule has 0 radical (unpaired) electrons. The molecule has 8 heteroatoms. The Hall–Kier alpha value is -1.22. The number of H-pyrrole nitrogens is 1. The topological polar surface area (TPSA) is 100 Å². The second kappa shape index (κ2) is 5.61. The first-order chi connectivity index (χ1) is 8.67. The van der Waals surface area contributed by atoms with Crippen LogP contribution in [0, 0.1) is 0 Å². The number of aromatic amines is 1. The largest absolute Gasteiger partial charge is 0.394 e. The zero-order valence-electron chi connectivity index (χ0n) is 9.34. The van der Waals surface area contributed by atoms with Crippen LogP contribution in [-0.4, -0.2) is 44.1 Å². The molecule has 3 N–H and O–H groups in total. The van der Waals surface area contributed by atoms with Gasteiger partial charge in [0.25, 0.3) is 5.56 Å². The van der Waals surface area contributed by atoms with Gasteiger partial charge in [-0.3, -0.25) is 4.79 Å². The average molecular weight is 318 g/mol. The third-order valence-electron chi connectivity index (χ3n) is 2.47. The van der Waals surface area contributed by atoms with E-state index in [0.29, 0.717) is 15.5 Å². The van der Waals surface area contributed by atoms with Gasteiger partial charge in [-0.2, -0.15) is 0 Å². The maximum atomic E-state index is 11.6. The van der Waals surface area contributed by atoms with Crippen molar-refractivity contribution in [1.82, 2.24) is 14.5 Å². The van der Waals surface area contributed by atoms with E-state index >= 15 is 0 Å². The molecule has 0 spiro atoms. The van der Waals surface area contributed by atoms with Gasteiger partial charge in [-0.05, 0) is 15.9 Å². The molecule has 2 heterocycles. The van der Waals surface area contributed by atoms with E-state index in [1.54, 1.807) is 10.8 Å². The molecule has 2 rings (SSSR count). The molecule has 98 valence electrons. The van der Waals surface area contributed by atoms with Crippen LogP contribution in [0.4, 0.5) is 0 Å². The summed E-state index contributed by atoms with van der Waals surface area (Å²) in [5.41, 5.74) is 0.228. The van der Waals surface area contributed by atoms with E-state index in [0.717, 1.165) is 0 Å². The van der Waals surface area contributed by atoms with Crippen LogP contribution in [0.25, 0.3) is 11.0 Å². The number of halogens is 1. The predicted octanol–water partition coefficient (Wildman–Crippen LogP) is -0.186. The SMILES string of the molecule is O=c1[nH]cnc2c1c(Br)cn2COC(CO)CO. The summed E-state index contributed by atoms with van der Waals surface area (Å²) in [6, 6.07) is 0. The van der Waals surface area contributed by atoms with Gasteiger partial charge in [0.15, 0.2) is 0 Å². The molecule has 0 aromatic carbocycles. The Morgan fingerprint density at radius 2 is 2.22 bits per heavy atom. The minimum Gasteiger partial charge on any atom is -0.394 e. The van der Waals surface area contributed by atoms with Crippen LogP contribution >= 0.6 is 15.9 Å². The summed E-state index contributed by atoms with van der Waals surface area (Å²) in [4.78, 5) is 18.2. The van der Waals surface area contributed by atoms with Crippen molar-refractivity contribution in [3.63, 3.8) is 0 Å². The Balaban J connectivity index is 2.29. The van der Waals surface area contributed by atoms with Crippen LogP contribution in [0.2, 0.25) is 0 Å². The summed E-state index contributed by atoms with van der Waals surface area (Å²) in [7, 11) is 0. The molecule has 0 saturated carbocycles. The highest BCUT2D eigenvalue weighted by Gasteiger charge is 2.12. The van der Waals surface area contributed by atoms with Crippen LogP contribution in [-0.2, 0) is 11.5 Å². The Labute approximate surface area is 110 Å². The van der Waals surface area contributed by atoms with Gasteiger partial charge in [0.05, 0.1) is 29.4 Å². The molecule has 0 fully saturated rings. The number of fused-ring (bicyclic) bond motifs is 1. The number of hydrogen-bond acceptors (Lipinski definition) is 5. The Morgan fingerprint density at radius 3 is 2.89 bits per heavy atom. The van der Waals surface area contributed by atoms with Gasteiger partial charge in [0, 0.05) is 6.20 Å². The van der Waals surface area contributed by atoms with Gasteiger partial charge in [-0.15, -0.1) is 0 Å². The Kier molecular flexibility index (Phi) is 4.12. The van der Waals surface area contributed by atoms with Crippen molar-refractivity contribution < 1.29 is 14.9 Å². The van der Waals surface area contributed by atoms with E-state index in [2.05, 4.69) is 25.9 Å². The van der Waals surface area contributed by atoms with E-state index < -0.39 is 6.10 Å². The van der Waals surface area contributed by atoms with Crippen molar-refractivity contribution >= 4 is 27.0 Å². The molecule has 0 saturated heterocycles. The third-order valence-corrected chi connectivity index (χ3v) is 3.07. The molecule has 0 aliphatic carbocycles. The summed E-state index contributed by atoms with van der Waals surface area (Å²) in [5, 5.41) is 18.2. The van der Waals surface area contributed by atoms with Gasteiger partial charge in [0.1, 0.15) is 18.5 Å². The molecule has 2 aromatic rings. The zero-order chi connectivity index (χ0) is 13.1. The lowest BCUT2D eigenvalue weighted by molar-refractivity contribution is -0.0487. The van der Waals surface area contributed by atoms with Gasteiger partial charge >= 0.3 is 0 Å². The fourth-order valence-electron chi connectivity index (χ4n) is 1.53. The molecule has 0 bridgehead atoms. The first-order valence-electron chi connectivity index (χ1n) is 5.22. The van der Waals surface area contributed by atoms with Gasteiger partial charge in [-0.25, -0.2) is 4.98 Å². The summed E-state index contributed by atoms with van der Waals surface area (Å²) >= 11 is 3.27. The minimum atomic E-state index is -0.650. The lowest BCUT2D eigenvalue weighted by Crippen LogP contribution is -2.23. The monoisotopic (exact) mass is 317 g/mol. The van der Waals surface area contributed by atoms with E-state index in [1.165, 1.54) is 6.33 Å². The van der Waals surface area contributed by atoms with E-state index in [9.17, 15) is 4.79 Å². The lowest BCUT2D eigenvalue weighted by Gasteiger charge is -2.13. The van der Waals surface area contributed by atoms with Crippen LogP contribution in [0.15, 0.2) is 21.8 Å². The molecule has 18 heavy (non-hydrogen) atoms. The second-order valence-electron chi connectivity index (χ2n) is 3.66. The number of aromatic nitrogens is 3. The van der Waals surface area contributed by atoms with E-state index in [-0.39, 0.29) is 25.5 Å². The third kappa shape index (κ3) is 2.46. The van der Waals surface area contributed by atoms with Crippen molar-refractivity contribution in [3.05, 3.63) is 27.4 Å². The molecular formula is C10H12BrN3O4. The quantitative estimate of drug-likeness (QED) is 0.710. The molecule has 0 aliphatic rings. The van der Waals surface area contributed by atoms with Crippen molar-refractivity contribution in [2.75, 3.05) is 13.2 Å². The number of aliphatic hydroxyl groups is 2. The van der Waals surface area contributed by atoms with Crippen LogP contribution < -0.4 is 5.56 Å². The standard InChI is InChI=1S/C10H12BrN3O4/c11-7-1-14(5-18-6(2-15)3-16)9-8(7)10(17)13-4-12-9/h1,4,6,15-16H,2-3,5H2,(H,12,13,17). The van der Waals surface area contributed by atoms with Gasteiger partial charge in [-0.1, -0.05) is 0 Å². The maximum Gasteiger partial charge on any atom is 0.261 e. The highest BCUT2D eigenvalue weighted by molar-refractivity contribution is 9.10. The highest BCUT2D eigenvalue weighted by atomic mass is 79.9. The number of aliphatic hydroxyl groups excluding tert-OH is 2. The fourth-order valence-corrected chi connectivity index (χ4v) is 2.14. The summed E-state index contributed by atoms with van der Waals surface area (Å²) in [6.07, 6.45) is 2.32. The highest BCUT2D eigenvalue weighted by Crippen LogP contribution is 2.21. The van der Waals surface area contributed by atoms with E-state index in [4.69, 9.17) is 14.9 Å². The normalized spacial score (nSPS) is 11.6. The number of rotatable bonds is 5. The number of ether oxygens (including phenoxy) is 1. The van der Waals surface area contributed by atoms with Crippen molar-refractivity contribution in [2.45, 2.75) is 12.8 Å². The number of hydrogen-bond donors (Lipinski definition) is 3. The zero-order valence-corrected chi connectivity index (χ0v) is 10.9. The van der Waals surface area contributed by atoms with Crippen LogP contribution in [0.5, 0.6) is 0 Å². The summed E-state index contributed by atoms with van der Waals surface area (Å²) in [6.45, 7) is -0.458. The summed E-state index contributed by atoms with van der Waals surface area (Å²) in [5.74, 6) is 0. The molecule has 0 amide bonds. The Morgan fingerprint density at radius 1 is 1.50 bits per heavy atom. The maximum absolute atomic E-state index is 11.6. The molecular weight excluding hydrogens is 306 g/mol. The first-order valence-corrected chi connectivity index (χ1v) is 6.02. The van der Waals surface area contributed by atoms with Crippen LogP contribution in [0.1, 0.15) is 0 Å². The van der Waals surface area contributed by atoms with E-state index in [1.807, 2.05) is 0 Å². The number of nitrogens with zero attached hydrogens (tertiary/aromatic N) is 2. The minimum absolute atomic E-state index is 0.0876. The predicted molar refractivity (Wildman–Crippen MR) is 67.1 cm³/mol. The molecule has 0 unspecified atom stereocenters. The fraction of sp³-hybridized carbons (Fsp3) is 0.400. The van der Waals surface area contributed by atoms with Crippen molar-refractivity contribution in [1.29, 1.82) is 0 Å². The number of nitrogens with one attached hydrogen (secondary N) is 1. The molecule has 0 aliphatic heterocycles. The second-order valence-corrected chi connectivity index (χ2v) is 4.51. The van der Waals surface area contributed by atoms with Gasteiger partial charge in [0.2, 0.25) is 0 Å². The molecule has 0 atom stereocenters. The van der Waals surface area contributed by atoms with Crippen molar-refractivity contribution in [2.24, 2.45) is 0 Å². The average Bonchev–Trinajstić information content (AvgIpc) is 2.69. The van der Waals surface area contributed by atoms with Gasteiger partial charge < -0.3 is 24.5 Å². The lowest BCUT2D eigenvalue weighted by atomic mass is 10.4. The van der Waals surface area contributed by atoms with Crippen molar-refractivity contribution in [3.8, 4) is 0 Å². The smallest absolute Gasteiger partial charge is 0.261 e. The Bertz CT molecular complexity index is 590. The summed E-state index contributed by atoms with van der Waals surface area (Å²) < 4.78 is 7.51. The first kappa shape index (κ1) is 13.2.